The minimum atomic E-state index is -4.02. The molecule has 19 heavy (non-hydrogen) atoms. The molecule has 112 valence electrons. The van der Waals surface area contributed by atoms with Gasteiger partial charge in [0.2, 0.25) is 0 Å². The Labute approximate surface area is 113 Å². The normalized spacial score (nSPS) is 14.7. The van der Waals surface area contributed by atoms with Crippen molar-refractivity contribution in [3.8, 4) is 0 Å². The highest BCUT2D eigenvalue weighted by molar-refractivity contribution is 7.47. The van der Waals surface area contributed by atoms with E-state index in [0.717, 1.165) is 12.5 Å². The largest absolute Gasteiger partial charge is 0.518 e. The van der Waals surface area contributed by atoms with Crippen molar-refractivity contribution in [2.24, 2.45) is 0 Å². The van der Waals surface area contributed by atoms with Gasteiger partial charge in [0, 0.05) is 6.08 Å². The van der Waals surface area contributed by atoms with E-state index in [4.69, 9.17) is 13.9 Å². The number of rotatable bonds is 10. The third-order valence-electron chi connectivity index (χ3n) is 1.80. The summed E-state index contributed by atoms with van der Waals surface area (Å²) in [5.41, 5.74) is 0. The number of hydrogen-bond donors (Lipinski definition) is 1. The van der Waals surface area contributed by atoms with Crippen LogP contribution in [-0.4, -0.2) is 49.9 Å². The molecule has 0 aromatic rings. The van der Waals surface area contributed by atoms with Crippen molar-refractivity contribution in [1.82, 2.24) is 0 Å². The van der Waals surface area contributed by atoms with Crippen molar-refractivity contribution >= 4 is 13.8 Å². The van der Waals surface area contributed by atoms with E-state index in [0.29, 0.717) is 19.4 Å². The van der Waals surface area contributed by atoms with Crippen LogP contribution in [0.1, 0.15) is 19.3 Å². The van der Waals surface area contributed by atoms with Crippen molar-refractivity contribution < 1.29 is 32.8 Å². The summed E-state index contributed by atoms with van der Waals surface area (Å²) in [6.07, 6.45) is 3.06. The summed E-state index contributed by atoms with van der Waals surface area (Å²) in [6, 6.07) is 0. The Morgan fingerprint density at radius 3 is 2.37 bits per heavy atom. The smallest absolute Gasteiger partial charge is 0.463 e. The van der Waals surface area contributed by atoms with Gasteiger partial charge in [0.05, 0.1) is 34.4 Å². The SMILES string of the molecule is C=CC(=O)OCCCCCOP(=O)(O)O[N+](C)(C)C. The molecule has 0 aromatic carbocycles. The molecule has 7 nitrogen and oxygen atoms in total. The topological polar surface area (TPSA) is 82.1 Å². The van der Waals surface area contributed by atoms with Crippen LogP contribution >= 0.6 is 7.82 Å². The number of esters is 1. The first-order chi connectivity index (χ1) is 8.66. The van der Waals surface area contributed by atoms with Crippen LogP contribution < -0.4 is 0 Å². The standard InChI is InChI=1S/C11H22NO6P/c1-5-11(13)16-9-7-6-8-10-17-19(14,15)18-12(2,3)4/h5H,1,6-10H2,2-4H3/p+1. The highest BCUT2D eigenvalue weighted by Gasteiger charge is 2.30. The molecule has 1 N–H and O–H groups in total. The van der Waals surface area contributed by atoms with Crippen LogP contribution in [0.3, 0.4) is 0 Å². The van der Waals surface area contributed by atoms with Crippen LogP contribution in [0, 0.1) is 0 Å². The molecular weight excluding hydrogens is 273 g/mol. The molecule has 8 heteroatoms. The van der Waals surface area contributed by atoms with Crippen molar-refractivity contribution in [1.29, 1.82) is 0 Å². The fourth-order valence-corrected chi connectivity index (χ4v) is 2.15. The fraction of sp³-hybridized carbons (Fsp3) is 0.727. The van der Waals surface area contributed by atoms with Gasteiger partial charge in [-0.05, 0) is 19.3 Å². The number of hydrogen-bond acceptors (Lipinski definition) is 5. The average Bonchev–Trinajstić information content (AvgIpc) is 2.23. The maximum atomic E-state index is 11.5. The molecule has 0 bridgehead atoms. The number of nitrogens with zero attached hydrogens (tertiary/aromatic N) is 1. The number of phosphoric ester groups is 1. The monoisotopic (exact) mass is 296 g/mol. The molecule has 0 aliphatic rings. The molecule has 0 saturated heterocycles. The molecule has 1 atom stereocenters. The Kier molecular flexibility index (Phi) is 8.13. The molecule has 0 radical (unpaired) electrons. The number of quaternary nitrogens is 1. The zero-order valence-corrected chi connectivity index (χ0v) is 12.6. The lowest BCUT2D eigenvalue weighted by atomic mass is 10.2. The van der Waals surface area contributed by atoms with Gasteiger partial charge in [-0.15, -0.1) is 0 Å². The van der Waals surface area contributed by atoms with Gasteiger partial charge in [-0.25, -0.2) is 9.36 Å². The predicted octanol–water partition coefficient (Wildman–Crippen LogP) is 1.64. The molecular formula is C11H23NO6P+. The van der Waals surface area contributed by atoms with E-state index in [9.17, 15) is 14.3 Å². The molecule has 0 spiro atoms. The summed E-state index contributed by atoms with van der Waals surface area (Å²) in [7, 11) is 0.817. The van der Waals surface area contributed by atoms with Crippen LogP contribution in [0.25, 0.3) is 0 Å². The van der Waals surface area contributed by atoms with E-state index in [-0.39, 0.29) is 11.3 Å². The van der Waals surface area contributed by atoms with E-state index in [2.05, 4.69) is 6.58 Å². The van der Waals surface area contributed by atoms with Crippen molar-refractivity contribution in [3.05, 3.63) is 12.7 Å². The Morgan fingerprint density at radius 2 is 1.84 bits per heavy atom. The molecule has 0 aliphatic carbocycles. The highest BCUT2D eigenvalue weighted by Crippen LogP contribution is 2.45. The second kappa shape index (κ2) is 8.45. The van der Waals surface area contributed by atoms with Crippen molar-refractivity contribution in [2.45, 2.75) is 19.3 Å². The Balaban J connectivity index is 3.61. The van der Waals surface area contributed by atoms with Gasteiger partial charge < -0.3 is 4.74 Å². The molecule has 0 rings (SSSR count). The van der Waals surface area contributed by atoms with Crippen LogP contribution in [0.2, 0.25) is 0 Å². The lowest BCUT2D eigenvalue weighted by Crippen LogP contribution is -2.33. The highest BCUT2D eigenvalue weighted by atomic mass is 31.2. The maximum absolute atomic E-state index is 11.5. The Bertz CT molecular complexity index is 339. The lowest BCUT2D eigenvalue weighted by Gasteiger charge is -2.22. The van der Waals surface area contributed by atoms with Crippen LogP contribution in [0.5, 0.6) is 0 Å². The number of unbranched alkanes of at least 4 members (excludes halogenated alkanes) is 2. The molecule has 0 heterocycles. The first-order valence-corrected chi connectivity index (χ1v) is 7.45. The van der Waals surface area contributed by atoms with Gasteiger partial charge in [-0.3, -0.25) is 9.42 Å². The lowest BCUT2D eigenvalue weighted by molar-refractivity contribution is -1.04. The Morgan fingerprint density at radius 1 is 1.26 bits per heavy atom. The minimum Gasteiger partial charge on any atom is -0.463 e. The molecule has 0 fully saturated rings. The molecule has 0 amide bonds. The van der Waals surface area contributed by atoms with E-state index >= 15 is 0 Å². The summed E-state index contributed by atoms with van der Waals surface area (Å²) < 4.78 is 25.8. The molecule has 0 aromatic heterocycles. The van der Waals surface area contributed by atoms with Crippen LogP contribution in [-0.2, 0) is 23.2 Å². The molecule has 0 aliphatic heterocycles. The van der Waals surface area contributed by atoms with Crippen molar-refractivity contribution in [3.63, 3.8) is 0 Å². The van der Waals surface area contributed by atoms with E-state index in [1.54, 1.807) is 21.1 Å². The zero-order chi connectivity index (χ0) is 14.9. The average molecular weight is 296 g/mol. The summed E-state index contributed by atoms with van der Waals surface area (Å²) >= 11 is 0. The third kappa shape index (κ3) is 12.1. The number of carbonyl (C=O) groups excluding carboxylic acids is 1. The number of phosphoric acid groups is 1. The zero-order valence-electron chi connectivity index (χ0n) is 11.7. The third-order valence-corrected chi connectivity index (χ3v) is 3.01. The summed E-state index contributed by atoms with van der Waals surface area (Å²) in [5.74, 6) is -0.451. The van der Waals surface area contributed by atoms with Crippen LogP contribution in [0.4, 0.5) is 0 Å². The summed E-state index contributed by atoms with van der Waals surface area (Å²) in [4.78, 5) is 20.1. The predicted molar refractivity (Wildman–Crippen MR) is 69.9 cm³/mol. The van der Waals surface area contributed by atoms with E-state index < -0.39 is 13.8 Å². The molecule has 0 saturated carbocycles. The summed E-state index contributed by atoms with van der Waals surface area (Å²) in [5, 5.41) is 0. The second-order valence-electron chi connectivity index (χ2n) is 4.71. The number of carbonyl (C=O) groups is 1. The van der Waals surface area contributed by atoms with Gasteiger partial charge in [0.1, 0.15) is 0 Å². The fourth-order valence-electron chi connectivity index (χ4n) is 1.13. The quantitative estimate of drug-likeness (QED) is 0.165. The number of hydroxylamine groups is 3. The van der Waals surface area contributed by atoms with E-state index in [1.807, 2.05) is 0 Å². The number of ether oxygens (including phenoxy) is 1. The first kappa shape index (κ1) is 18.3. The van der Waals surface area contributed by atoms with E-state index in [1.165, 1.54) is 0 Å². The Hall–Kier alpha value is -0.720. The first-order valence-electron chi connectivity index (χ1n) is 5.95. The van der Waals surface area contributed by atoms with Gasteiger partial charge >= 0.3 is 13.8 Å². The second-order valence-corrected chi connectivity index (χ2v) is 6.06. The van der Waals surface area contributed by atoms with Gasteiger partial charge in [-0.2, -0.15) is 4.65 Å². The minimum absolute atomic E-state index is 0.114. The van der Waals surface area contributed by atoms with Crippen LogP contribution in [0.15, 0.2) is 12.7 Å². The summed E-state index contributed by atoms with van der Waals surface area (Å²) in [6.45, 7) is 3.69. The van der Waals surface area contributed by atoms with Gasteiger partial charge in [0.15, 0.2) is 0 Å². The van der Waals surface area contributed by atoms with Gasteiger partial charge in [0.25, 0.3) is 0 Å². The maximum Gasteiger partial charge on any atom is 0.518 e. The molecule has 1 unspecified atom stereocenters. The van der Waals surface area contributed by atoms with Gasteiger partial charge in [-0.1, -0.05) is 11.2 Å². The van der Waals surface area contributed by atoms with Crippen molar-refractivity contribution in [2.75, 3.05) is 34.4 Å².